The van der Waals surface area contributed by atoms with Gasteiger partial charge < -0.3 is 5.11 Å². The van der Waals surface area contributed by atoms with Crippen LogP contribution in [0.1, 0.15) is 38.4 Å². The molecule has 0 amide bonds. The molecule has 140 valence electrons. The van der Waals surface area contributed by atoms with E-state index < -0.39 is 0 Å². The van der Waals surface area contributed by atoms with Crippen molar-refractivity contribution < 1.29 is 5.11 Å². The van der Waals surface area contributed by atoms with Crippen molar-refractivity contribution in [3.05, 3.63) is 76.0 Å². The van der Waals surface area contributed by atoms with Gasteiger partial charge in [0.25, 0.3) is 0 Å². The van der Waals surface area contributed by atoms with Crippen molar-refractivity contribution in [1.82, 2.24) is 9.13 Å². The molecule has 1 aromatic carbocycles. The molecule has 0 bridgehead atoms. The first kappa shape index (κ1) is 19.8. The maximum atomic E-state index is 12.5. The maximum absolute atomic E-state index is 12.5. The second kappa shape index (κ2) is 9.27. The van der Waals surface area contributed by atoms with Crippen LogP contribution in [0.15, 0.2) is 59.1 Å². The van der Waals surface area contributed by atoms with E-state index in [0.717, 1.165) is 30.5 Å². The zero-order valence-electron chi connectivity index (χ0n) is 16.3. The Balaban J connectivity index is 2.01. The van der Waals surface area contributed by atoms with E-state index in [-0.39, 0.29) is 5.69 Å². The molecule has 1 aromatic heterocycles. The molecule has 0 saturated heterocycles. The van der Waals surface area contributed by atoms with Crippen molar-refractivity contribution in [3.63, 3.8) is 0 Å². The van der Waals surface area contributed by atoms with Crippen molar-refractivity contribution >= 4 is 0 Å². The lowest BCUT2D eigenvalue weighted by molar-refractivity contribution is 0.475. The lowest BCUT2D eigenvalue weighted by Gasteiger charge is -2.03. The van der Waals surface area contributed by atoms with E-state index in [2.05, 4.69) is 32.1 Å². The Kier molecular flexibility index (Phi) is 7.07. The van der Waals surface area contributed by atoms with Gasteiger partial charge in [-0.25, -0.2) is 4.79 Å². The Morgan fingerprint density at radius 1 is 1.19 bits per heavy atom. The van der Waals surface area contributed by atoms with Crippen LogP contribution in [0.5, 0.6) is 5.75 Å². The van der Waals surface area contributed by atoms with Crippen molar-refractivity contribution in [1.29, 1.82) is 0 Å². The fourth-order valence-electron chi connectivity index (χ4n) is 2.87. The first-order valence-electron chi connectivity index (χ1n) is 9.27. The summed E-state index contributed by atoms with van der Waals surface area (Å²) in [6, 6.07) is 7.31. The number of hydrogen-bond acceptors (Lipinski definition) is 2. The van der Waals surface area contributed by atoms with E-state index in [4.69, 9.17) is 0 Å². The third-order valence-corrected chi connectivity index (χ3v) is 4.52. The molecule has 2 aromatic rings. The fraction of sp³-hybridized carbons (Fsp3) is 0.409. The highest BCUT2D eigenvalue weighted by Crippen LogP contribution is 2.13. The molecule has 0 unspecified atom stereocenters. The van der Waals surface area contributed by atoms with Crippen LogP contribution in [0.25, 0.3) is 0 Å². The average Bonchev–Trinajstić information content (AvgIpc) is 2.88. The molecule has 0 saturated carbocycles. The van der Waals surface area contributed by atoms with Crippen LogP contribution in [-0.2, 0) is 26.4 Å². The summed E-state index contributed by atoms with van der Waals surface area (Å²) in [5.41, 5.74) is 3.42. The molecule has 1 heterocycles. The second-order valence-corrected chi connectivity index (χ2v) is 7.08. The van der Waals surface area contributed by atoms with Gasteiger partial charge in [0.2, 0.25) is 0 Å². The molecule has 4 nitrogen and oxygen atoms in total. The lowest BCUT2D eigenvalue weighted by atomic mass is 10.1. The first-order valence-corrected chi connectivity index (χ1v) is 9.27. The Labute approximate surface area is 156 Å². The van der Waals surface area contributed by atoms with Crippen LogP contribution < -0.4 is 5.69 Å². The van der Waals surface area contributed by atoms with Crippen LogP contribution in [0.2, 0.25) is 0 Å². The minimum atomic E-state index is 0.0296. The van der Waals surface area contributed by atoms with E-state index in [1.807, 2.05) is 32.3 Å². The summed E-state index contributed by atoms with van der Waals surface area (Å²) in [4.78, 5) is 12.5. The van der Waals surface area contributed by atoms with Gasteiger partial charge in [0.05, 0.1) is 6.54 Å². The second-order valence-electron chi connectivity index (χ2n) is 7.08. The van der Waals surface area contributed by atoms with Gasteiger partial charge in [-0.15, -0.1) is 0 Å². The summed E-state index contributed by atoms with van der Waals surface area (Å²) in [5.74, 6) is 0.785. The van der Waals surface area contributed by atoms with Gasteiger partial charge in [0, 0.05) is 18.9 Å². The number of aryl methyl sites for hydroxylation is 2. The molecular weight excluding hydrogens is 324 g/mol. The van der Waals surface area contributed by atoms with E-state index >= 15 is 0 Å². The molecule has 4 heteroatoms. The van der Waals surface area contributed by atoms with Crippen molar-refractivity contribution in [2.45, 2.75) is 46.6 Å². The predicted molar refractivity (Wildman–Crippen MR) is 108 cm³/mol. The number of nitrogens with zero attached hydrogens (tertiary/aromatic N) is 2. The van der Waals surface area contributed by atoms with Crippen LogP contribution in [-0.4, -0.2) is 14.2 Å². The standard InChI is InChI=1S/C22H30N2O2/c1-5-18(10-9-17(2)3)15-24-16-20(23(4)22(24)26)8-6-7-19-11-13-21(25)14-12-19/h5,9-14,16-17,25H,6-8,15H2,1-4H3/b10-9-,18-5+. The number of imidazole rings is 1. The Hall–Kier alpha value is -2.49. The summed E-state index contributed by atoms with van der Waals surface area (Å²) >= 11 is 0. The SMILES string of the molecule is C/C=C(\C=C/C(C)C)Cn1cc(CCCc2ccc(O)cc2)n(C)c1=O. The van der Waals surface area contributed by atoms with Gasteiger partial charge in [-0.05, 0) is 55.4 Å². The first-order chi connectivity index (χ1) is 12.4. The van der Waals surface area contributed by atoms with Crippen molar-refractivity contribution in [3.8, 4) is 5.75 Å². The van der Waals surface area contributed by atoms with Crippen LogP contribution in [0.4, 0.5) is 0 Å². The summed E-state index contributed by atoms with van der Waals surface area (Å²) in [7, 11) is 1.84. The highest BCUT2D eigenvalue weighted by molar-refractivity contribution is 5.26. The highest BCUT2D eigenvalue weighted by Gasteiger charge is 2.09. The summed E-state index contributed by atoms with van der Waals surface area (Å²) in [6.45, 7) is 6.90. The number of aromatic nitrogens is 2. The Morgan fingerprint density at radius 2 is 1.88 bits per heavy atom. The summed E-state index contributed by atoms with van der Waals surface area (Å²) in [5, 5.41) is 9.34. The van der Waals surface area contributed by atoms with E-state index in [1.54, 1.807) is 21.3 Å². The summed E-state index contributed by atoms with van der Waals surface area (Å²) < 4.78 is 3.53. The van der Waals surface area contributed by atoms with Gasteiger partial charge in [0.15, 0.2) is 0 Å². The third kappa shape index (κ3) is 5.51. The quantitative estimate of drug-likeness (QED) is 0.721. The molecule has 0 fully saturated rings. The average molecular weight is 354 g/mol. The van der Waals surface area contributed by atoms with Crippen LogP contribution >= 0.6 is 0 Å². The van der Waals surface area contributed by atoms with Crippen molar-refractivity contribution in [2.24, 2.45) is 13.0 Å². The molecule has 0 aliphatic rings. The molecule has 0 radical (unpaired) electrons. The van der Waals surface area contributed by atoms with Gasteiger partial charge in [-0.3, -0.25) is 9.13 Å². The molecule has 1 N–H and O–H groups in total. The molecule has 0 aliphatic carbocycles. The number of benzene rings is 1. The molecule has 2 rings (SSSR count). The molecule has 26 heavy (non-hydrogen) atoms. The number of aromatic hydroxyl groups is 1. The topological polar surface area (TPSA) is 47.2 Å². The molecule has 0 aliphatic heterocycles. The zero-order chi connectivity index (χ0) is 19.1. The number of rotatable bonds is 8. The van der Waals surface area contributed by atoms with Gasteiger partial charge in [-0.1, -0.05) is 44.2 Å². The van der Waals surface area contributed by atoms with E-state index in [1.165, 1.54) is 5.56 Å². The van der Waals surface area contributed by atoms with Crippen molar-refractivity contribution in [2.75, 3.05) is 0 Å². The number of hydrogen-bond donors (Lipinski definition) is 1. The van der Waals surface area contributed by atoms with Gasteiger partial charge in [0.1, 0.15) is 5.75 Å². The smallest absolute Gasteiger partial charge is 0.328 e. The normalized spacial score (nSPS) is 12.4. The Bertz CT molecular complexity index is 821. The zero-order valence-corrected chi connectivity index (χ0v) is 16.3. The van der Waals surface area contributed by atoms with Gasteiger partial charge >= 0.3 is 5.69 Å². The predicted octanol–water partition coefficient (Wildman–Crippen LogP) is 4.23. The van der Waals surface area contributed by atoms with Crippen LogP contribution in [0, 0.1) is 5.92 Å². The van der Waals surface area contributed by atoms with Gasteiger partial charge in [-0.2, -0.15) is 0 Å². The minimum Gasteiger partial charge on any atom is -0.508 e. The minimum absolute atomic E-state index is 0.0296. The fourth-order valence-corrected chi connectivity index (χ4v) is 2.87. The maximum Gasteiger partial charge on any atom is 0.328 e. The third-order valence-electron chi connectivity index (χ3n) is 4.52. The number of phenols is 1. The van der Waals surface area contributed by atoms with Crippen LogP contribution in [0.3, 0.4) is 0 Å². The monoisotopic (exact) mass is 354 g/mol. The lowest BCUT2D eigenvalue weighted by Crippen LogP contribution is -2.23. The Morgan fingerprint density at radius 3 is 2.50 bits per heavy atom. The number of allylic oxidation sites excluding steroid dienone is 4. The summed E-state index contributed by atoms with van der Waals surface area (Å²) in [6.07, 6.45) is 11.0. The van der Waals surface area contributed by atoms with E-state index in [0.29, 0.717) is 18.2 Å². The molecule has 0 atom stereocenters. The van der Waals surface area contributed by atoms with E-state index in [9.17, 15) is 9.90 Å². The highest BCUT2D eigenvalue weighted by atomic mass is 16.3. The molecular formula is C22H30N2O2. The molecule has 0 spiro atoms. The largest absolute Gasteiger partial charge is 0.508 e. The number of phenolic OH excluding ortho intramolecular Hbond substituents is 1.